The smallest absolute Gasteiger partial charge is 0.339 e. The van der Waals surface area contributed by atoms with Crippen LogP contribution in [0.2, 0.25) is 5.02 Å². The molecule has 146 valence electrons. The fourth-order valence-corrected chi connectivity index (χ4v) is 4.05. The molecule has 0 atom stereocenters. The molecule has 1 amide bonds. The molecule has 0 saturated heterocycles. The molecule has 0 aliphatic rings. The molecule has 0 saturated carbocycles. The summed E-state index contributed by atoms with van der Waals surface area (Å²) in [7, 11) is 1.51. The van der Waals surface area contributed by atoms with Crippen molar-refractivity contribution in [2.75, 3.05) is 12.4 Å². The maximum atomic E-state index is 12.6. The average Bonchev–Trinajstić information content (AvgIpc) is 3.32. The topological polar surface area (TPSA) is 102 Å². The van der Waals surface area contributed by atoms with Crippen LogP contribution in [0, 0.1) is 0 Å². The van der Waals surface area contributed by atoms with E-state index < -0.39 is 11.9 Å². The van der Waals surface area contributed by atoms with Crippen LogP contribution in [0.1, 0.15) is 21.0 Å². The third-order valence-electron chi connectivity index (χ3n) is 4.19. The molecule has 2 aromatic heterocycles. The van der Waals surface area contributed by atoms with E-state index in [0.717, 1.165) is 11.3 Å². The average molecular weight is 429 g/mol. The fraction of sp³-hybridized carbons (Fsp3) is 0.0500. The Hall–Kier alpha value is -3.36. The van der Waals surface area contributed by atoms with Crippen LogP contribution in [0.15, 0.2) is 52.3 Å². The monoisotopic (exact) mass is 428 g/mol. The van der Waals surface area contributed by atoms with Gasteiger partial charge in [-0.15, -0.1) is 11.3 Å². The van der Waals surface area contributed by atoms with Crippen molar-refractivity contribution in [1.29, 1.82) is 0 Å². The first-order valence-corrected chi connectivity index (χ1v) is 9.59. The fourth-order valence-electron chi connectivity index (χ4n) is 2.83. The van der Waals surface area contributed by atoms with Gasteiger partial charge >= 0.3 is 11.9 Å². The third-order valence-corrected chi connectivity index (χ3v) is 5.39. The van der Waals surface area contributed by atoms with Crippen LogP contribution in [0.5, 0.6) is 5.75 Å². The standard InChI is InChI=1S/C20H13ClN2O5S/c1-27-10-6-7-11(13(21)8-10)12-9-29-19(16(12)20(25)26)23-17(24)18-22-14-4-2-3-5-15(14)28-18/h2-9H,1H3,(H,23,24)(H,25,26). The summed E-state index contributed by atoms with van der Waals surface area (Å²) in [4.78, 5) is 28.6. The number of nitrogens with zero attached hydrogens (tertiary/aromatic N) is 1. The number of amides is 1. The molecule has 0 radical (unpaired) electrons. The molecule has 4 rings (SSSR count). The highest BCUT2D eigenvalue weighted by molar-refractivity contribution is 7.15. The first-order valence-electron chi connectivity index (χ1n) is 8.33. The van der Waals surface area contributed by atoms with Crippen LogP contribution < -0.4 is 10.1 Å². The molecule has 0 aliphatic carbocycles. The Kier molecular flexibility index (Phi) is 4.96. The van der Waals surface area contributed by atoms with Gasteiger partial charge in [0.05, 0.1) is 12.1 Å². The second kappa shape index (κ2) is 7.57. The van der Waals surface area contributed by atoms with Crippen LogP contribution >= 0.6 is 22.9 Å². The summed E-state index contributed by atoms with van der Waals surface area (Å²) >= 11 is 7.37. The van der Waals surface area contributed by atoms with E-state index in [1.807, 2.05) is 0 Å². The molecule has 0 fully saturated rings. The second-order valence-electron chi connectivity index (χ2n) is 5.95. The van der Waals surface area contributed by atoms with E-state index in [9.17, 15) is 14.7 Å². The van der Waals surface area contributed by atoms with Gasteiger partial charge < -0.3 is 19.6 Å². The molecule has 0 spiro atoms. The molecule has 0 bridgehead atoms. The first kappa shape index (κ1) is 19.0. The summed E-state index contributed by atoms with van der Waals surface area (Å²) in [5.74, 6) is -1.44. The van der Waals surface area contributed by atoms with E-state index in [1.165, 1.54) is 7.11 Å². The van der Waals surface area contributed by atoms with Gasteiger partial charge in [0, 0.05) is 16.5 Å². The molecule has 2 N–H and O–H groups in total. The number of methoxy groups -OCH3 is 1. The number of carbonyl (C=O) groups is 2. The number of benzene rings is 2. The van der Waals surface area contributed by atoms with Crippen molar-refractivity contribution >= 4 is 50.9 Å². The number of halogens is 1. The molecule has 9 heteroatoms. The molecule has 0 unspecified atom stereocenters. The van der Waals surface area contributed by atoms with Crippen molar-refractivity contribution < 1.29 is 23.8 Å². The van der Waals surface area contributed by atoms with Crippen LogP contribution in [-0.2, 0) is 0 Å². The van der Waals surface area contributed by atoms with E-state index in [-0.39, 0.29) is 16.5 Å². The van der Waals surface area contributed by atoms with Crippen molar-refractivity contribution in [2.24, 2.45) is 0 Å². The normalized spacial score (nSPS) is 10.8. The number of hydrogen-bond acceptors (Lipinski definition) is 6. The number of fused-ring (bicyclic) bond motifs is 1. The molecule has 2 aromatic carbocycles. The molecule has 0 aliphatic heterocycles. The number of oxazole rings is 1. The molecular formula is C20H13ClN2O5S. The summed E-state index contributed by atoms with van der Waals surface area (Å²) in [6, 6.07) is 11.9. The van der Waals surface area contributed by atoms with Crippen molar-refractivity contribution in [3.8, 4) is 16.9 Å². The quantitative estimate of drug-likeness (QED) is 0.454. The molecule has 2 heterocycles. The van der Waals surface area contributed by atoms with Crippen molar-refractivity contribution in [3.63, 3.8) is 0 Å². The summed E-state index contributed by atoms with van der Waals surface area (Å²) in [5.41, 5.74) is 1.85. The number of aromatic carboxylic acids is 1. The Bertz CT molecular complexity index is 1210. The van der Waals surface area contributed by atoms with Gasteiger partial charge in [0.15, 0.2) is 5.58 Å². The number of carbonyl (C=O) groups excluding carboxylic acids is 1. The van der Waals surface area contributed by atoms with Gasteiger partial charge in [0.25, 0.3) is 5.89 Å². The summed E-state index contributed by atoms with van der Waals surface area (Å²) in [6.45, 7) is 0. The number of aromatic nitrogens is 1. The number of para-hydroxylation sites is 2. The third kappa shape index (κ3) is 3.55. The van der Waals surface area contributed by atoms with Gasteiger partial charge in [-0.3, -0.25) is 4.79 Å². The Morgan fingerprint density at radius 2 is 2.00 bits per heavy atom. The summed E-state index contributed by atoms with van der Waals surface area (Å²) < 4.78 is 10.6. The lowest BCUT2D eigenvalue weighted by atomic mass is 10.0. The van der Waals surface area contributed by atoms with Gasteiger partial charge in [-0.1, -0.05) is 23.7 Å². The number of carboxylic acid groups (broad SMARTS) is 1. The van der Waals surface area contributed by atoms with Gasteiger partial charge in [0.2, 0.25) is 0 Å². The molecule has 4 aromatic rings. The lowest BCUT2D eigenvalue weighted by Gasteiger charge is -2.08. The Labute approximate surface area is 173 Å². The summed E-state index contributed by atoms with van der Waals surface area (Å²) in [6.07, 6.45) is 0. The van der Waals surface area contributed by atoms with E-state index in [0.29, 0.717) is 33.0 Å². The lowest BCUT2D eigenvalue weighted by Crippen LogP contribution is -2.13. The minimum absolute atomic E-state index is 0.0634. The minimum atomic E-state index is -1.19. The highest BCUT2D eigenvalue weighted by Crippen LogP contribution is 2.40. The predicted molar refractivity (Wildman–Crippen MR) is 110 cm³/mol. The molecular weight excluding hydrogens is 416 g/mol. The zero-order valence-electron chi connectivity index (χ0n) is 14.9. The number of ether oxygens (including phenoxy) is 1. The highest BCUT2D eigenvalue weighted by Gasteiger charge is 2.24. The number of carboxylic acids is 1. The number of anilines is 1. The van der Waals surface area contributed by atoms with Crippen molar-refractivity contribution in [2.45, 2.75) is 0 Å². The van der Waals surface area contributed by atoms with Crippen molar-refractivity contribution in [3.05, 3.63) is 64.3 Å². The number of hydrogen-bond donors (Lipinski definition) is 2. The van der Waals surface area contributed by atoms with E-state index in [4.69, 9.17) is 20.8 Å². The Balaban J connectivity index is 1.70. The van der Waals surface area contributed by atoms with E-state index >= 15 is 0 Å². The predicted octanol–water partition coefficient (Wildman–Crippen LogP) is 5.17. The lowest BCUT2D eigenvalue weighted by molar-refractivity contribution is 0.0699. The van der Waals surface area contributed by atoms with Gasteiger partial charge in [-0.25, -0.2) is 9.78 Å². The van der Waals surface area contributed by atoms with E-state index in [2.05, 4.69) is 10.3 Å². The maximum absolute atomic E-state index is 12.6. The number of rotatable bonds is 5. The Morgan fingerprint density at radius 3 is 2.69 bits per heavy atom. The van der Waals surface area contributed by atoms with Gasteiger partial charge in [-0.2, -0.15) is 0 Å². The Morgan fingerprint density at radius 1 is 1.21 bits per heavy atom. The van der Waals surface area contributed by atoms with Crippen LogP contribution in [0.25, 0.3) is 22.2 Å². The molecule has 29 heavy (non-hydrogen) atoms. The van der Waals surface area contributed by atoms with Gasteiger partial charge in [0.1, 0.15) is 21.8 Å². The highest BCUT2D eigenvalue weighted by atomic mass is 35.5. The zero-order valence-corrected chi connectivity index (χ0v) is 16.5. The van der Waals surface area contributed by atoms with E-state index in [1.54, 1.807) is 47.8 Å². The van der Waals surface area contributed by atoms with Crippen molar-refractivity contribution in [1.82, 2.24) is 4.98 Å². The number of nitrogens with one attached hydrogen (secondary N) is 1. The first-order chi connectivity index (χ1) is 14.0. The SMILES string of the molecule is COc1ccc(-c2csc(NC(=O)c3nc4ccccc4o3)c2C(=O)O)c(Cl)c1. The molecule has 7 nitrogen and oxygen atoms in total. The summed E-state index contributed by atoms with van der Waals surface area (Å²) in [5, 5.41) is 14.4. The van der Waals surface area contributed by atoms with Crippen LogP contribution in [-0.4, -0.2) is 29.1 Å². The minimum Gasteiger partial charge on any atom is -0.497 e. The number of thiophene rings is 1. The van der Waals surface area contributed by atoms with Crippen LogP contribution in [0.3, 0.4) is 0 Å². The zero-order chi connectivity index (χ0) is 20.5. The van der Waals surface area contributed by atoms with Gasteiger partial charge in [-0.05, 0) is 30.3 Å². The largest absolute Gasteiger partial charge is 0.497 e. The second-order valence-corrected chi connectivity index (χ2v) is 7.23. The van der Waals surface area contributed by atoms with Crippen LogP contribution in [0.4, 0.5) is 5.00 Å². The maximum Gasteiger partial charge on any atom is 0.339 e.